The second-order valence-electron chi connectivity index (χ2n) is 17.1. The van der Waals surface area contributed by atoms with Crippen LogP contribution >= 0.6 is 0 Å². The highest BCUT2D eigenvalue weighted by Gasteiger charge is 2.20. The number of rotatable bonds is 45. The van der Waals surface area contributed by atoms with Gasteiger partial charge in [0.2, 0.25) is 5.91 Å². The molecule has 4 N–H and O–H groups in total. The van der Waals surface area contributed by atoms with Crippen molar-refractivity contribution in [2.75, 3.05) is 6.61 Å². The Kier molecular flexibility index (Phi) is 44.6. The van der Waals surface area contributed by atoms with Crippen LogP contribution in [0.1, 0.15) is 264 Å². The van der Waals surface area contributed by atoms with E-state index in [0.29, 0.717) is 6.42 Å². The van der Waals surface area contributed by atoms with E-state index in [2.05, 4.69) is 31.3 Å². The van der Waals surface area contributed by atoms with E-state index >= 15 is 0 Å². The first-order valence-electron chi connectivity index (χ1n) is 24.6. The van der Waals surface area contributed by atoms with Crippen LogP contribution in [0.2, 0.25) is 0 Å². The molecule has 3 unspecified atom stereocenters. The average Bonchev–Trinajstić information content (AvgIpc) is 3.18. The molecule has 5 heteroatoms. The maximum absolute atomic E-state index is 12.5. The van der Waals surface area contributed by atoms with Crippen LogP contribution in [0.5, 0.6) is 0 Å². The first kappa shape index (κ1) is 53.8. The van der Waals surface area contributed by atoms with E-state index in [1.54, 1.807) is 6.08 Å². The molecule has 0 radical (unpaired) electrons. The Labute approximate surface area is 343 Å². The van der Waals surface area contributed by atoms with Gasteiger partial charge in [-0.2, -0.15) is 0 Å². The average molecular weight is 776 g/mol. The highest BCUT2D eigenvalue weighted by Crippen LogP contribution is 2.17. The van der Waals surface area contributed by atoms with Gasteiger partial charge in [-0.1, -0.05) is 250 Å². The van der Waals surface area contributed by atoms with Crippen molar-refractivity contribution in [2.45, 2.75) is 283 Å². The maximum atomic E-state index is 12.5. The lowest BCUT2D eigenvalue weighted by Gasteiger charge is -2.21. The van der Waals surface area contributed by atoms with E-state index in [-0.39, 0.29) is 18.9 Å². The lowest BCUT2D eigenvalue weighted by atomic mass is 10.0. The quantitative estimate of drug-likeness (QED) is 0.0366. The largest absolute Gasteiger partial charge is 0.394 e. The molecule has 3 atom stereocenters. The molecule has 0 saturated heterocycles. The Balaban J connectivity index is 3.62. The number of amides is 1. The van der Waals surface area contributed by atoms with Crippen molar-refractivity contribution in [3.63, 3.8) is 0 Å². The second-order valence-corrected chi connectivity index (χ2v) is 17.1. The summed E-state index contributed by atoms with van der Waals surface area (Å²) in [6.45, 7) is 4.22. The van der Waals surface area contributed by atoms with Crippen molar-refractivity contribution >= 4 is 5.91 Å². The van der Waals surface area contributed by atoms with Crippen LogP contribution in [0.15, 0.2) is 24.3 Å². The predicted molar refractivity (Wildman–Crippen MR) is 241 cm³/mol. The molecule has 0 bridgehead atoms. The lowest BCUT2D eigenvalue weighted by Crippen LogP contribution is -2.45. The van der Waals surface area contributed by atoms with Gasteiger partial charge in [-0.05, 0) is 32.1 Å². The number of aliphatic hydroxyl groups excluding tert-OH is 3. The summed E-state index contributed by atoms with van der Waals surface area (Å²) in [6.07, 6.45) is 56.3. The van der Waals surface area contributed by atoms with E-state index in [1.807, 2.05) is 6.08 Å². The van der Waals surface area contributed by atoms with Gasteiger partial charge >= 0.3 is 0 Å². The summed E-state index contributed by atoms with van der Waals surface area (Å²) in [4.78, 5) is 12.5. The molecule has 0 aliphatic carbocycles. The van der Waals surface area contributed by atoms with E-state index in [4.69, 9.17) is 0 Å². The molecule has 0 spiro atoms. The molecular formula is C50H97NO4. The van der Waals surface area contributed by atoms with Crippen molar-refractivity contribution in [1.29, 1.82) is 0 Å². The van der Waals surface area contributed by atoms with Crippen LogP contribution in [0.3, 0.4) is 0 Å². The van der Waals surface area contributed by atoms with Gasteiger partial charge in [0.25, 0.3) is 0 Å². The molecular weight excluding hydrogens is 679 g/mol. The van der Waals surface area contributed by atoms with Crippen LogP contribution < -0.4 is 5.32 Å². The van der Waals surface area contributed by atoms with Crippen LogP contribution in [0.4, 0.5) is 0 Å². The second kappa shape index (κ2) is 45.5. The highest BCUT2D eigenvalue weighted by atomic mass is 16.3. The predicted octanol–water partition coefficient (Wildman–Crippen LogP) is 14.6. The number of hydrogen-bond acceptors (Lipinski definition) is 4. The molecule has 0 aliphatic rings. The van der Waals surface area contributed by atoms with Gasteiger partial charge in [0.15, 0.2) is 0 Å². The number of allylic oxidation sites excluding steroid dienone is 3. The minimum atomic E-state index is -0.949. The fraction of sp³-hybridized carbons (Fsp3) is 0.900. The Morgan fingerprint density at radius 2 is 0.782 bits per heavy atom. The number of carbonyl (C=O) groups is 1. The minimum Gasteiger partial charge on any atom is -0.394 e. The van der Waals surface area contributed by atoms with Gasteiger partial charge < -0.3 is 20.6 Å². The van der Waals surface area contributed by atoms with E-state index in [1.165, 1.54) is 205 Å². The van der Waals surface area contributed by atoms with Crippen LogP contribution in [0.25, 0.3) is 0 Å². The SMILES string of the molecule is CCCCCCCCCCCCCC/C=C/CC/C=C/C(O)C(CO)NC(=O)CC(O)CCCCCCCCCCCCCCCCCCCCCCCC. The number of hydrogen-bond donors (Lipinski definition) is 4. The molecule has 326 valence electrons. The molecule has 0 heterocycles. The van der Waals surface area contributed by atoms with Gasteiger partial charge in [0, 0.05) is 0 Å². The highest BCUT2D eigenvalue weighted by molar-refractivity contribution is 5.76. The smallest absolute Gasteiger partial charge is 0.222 e. The summed E-state index contributed by atoms with van der Waals surface area (Å²) < 4.78 is 0. The monoisotopic (exact) mass is 776 g/mol. The van der Waals surface area contributed by atoms with Gasteiger partial charge in [-0.25, -0.2) is 0 Å². The van der Waals surface area contributed by atoms with Crippen molar-refractivity contribution in [2.24, 2.45) is 0 Å². The summed E-state index contributed by atoms with van der Waals surface area (Å²) in [5.74, 6) is -0.321. The van der Waals surface area contributed by atoms with Gasteiger partial charge in [0.05, 0.1) is 31.3 Å². The summed E-state index contributed by atoms with van der Waals surface area (Å²) in [5, 5.41) is 33.3. The fourth-order valence-electron chi connectivity index (χ4n) is 7.71. The van der Waals surface area contributed by atoms with Crippen molar-refractivity contribution in [3.8, 4) is 0 Å². The standard InChI is InChI=1S/C50H97NO4/c1-3-5-7-9-11-13-15-17-19-21-23-24-25-26-27-29-31-33-35-37-39-41-43-47(53)45-50(55)51-48(46-52)49(54)44-42-40-38-36-34-32-30-28-22-20-18-16-14-12-10-8-6-4-2/h34,36,42,44,47-49,52-54H,3-33,35,37-41,43,45-46H2,1-2H3,(H,51,55)/b36-34+,44-42+. The number of aliphatic hydroxyl groups is 3. The normalized spacial score (nSPS) is 13.6. The summed E-state index contributed by atoms with van der Waals surface area (Å²) in [5.41, 5.74) is 0. The van der Waals surface area contributed by atoms with Crippen molar-refractivity contribution in [1.82, 2.24) is 5.32 Å². The summed E-state index contributed by atoms with van der Waals surface area (Å²) >= 11 is 0. The zero-order valence-corrected chi connectivity index (χ0v) is 37.1. The number of nitrogens with one attached hydrogen (secondary N) is 1. The Bertz CT molecular complexity index is 814. The molecule has 0 fully saturated rings. The molecule has 0 aromatic heterocycles. The van der Waals surface area contributed by atoms with E-state index in [0.717, 1.165) is 32.1 Å². The van der Waals surface area contributed by atoms with Crippen LogP contribution in [-0.2, 0) is 4.79 Å². The zero-order chi connectivity index (χ0) is 40.1. The van der Waals surface area contributed by atoms with E-state index in [9.17, 15) is 20.1 Å². The molecule has 1 amide bonds. The van der Waals surface area contributed by atoms with E-state index < -0.39 is 18.2 Å². The fourth-order valence-corrected chi connectivity index (χ4v) is 7.71. The molecule has 0 aliphatic heterocycles. The Morgan fingerprint density at radius 1 is 0.455 bits per heavy atom. The zero-order valence-electron chi connectivity index (χ0n) is 37.1. The summed E-state index contributed by atoms with van der Waals surface area (Å²) in [7, 11) is 0. The molecule has 0 saturated carbocycles. The minimum absolute atomic E-state index is 0.0101. The third kappa shape index (κ3) is 42.3. The molecule has 0 aromatic rings. The summed E-state index contributed by atoms with van der Waals surface area (Å²) in [6, 6.07) is -0.758. The van der Waals surface area contributed by atoms with Crippen molar-refractivity contribution < 1.29 is 20.1 Å². The maximum Gasteiger partial charge on any atom is 0.222 e. The van der Waals surface area contributed by atoms with Gasteiger partial charge in [-0.3, -0.25) is 4.79 Å². The first-order chi connectivity index (χ1) is 27.0. The van der Waals surface area contributed by atoms with Crippen LogP contribution in [0, 0.1) is 0 Å². The van der Waals surface area contributed by atoms with Crippen molar-refractivity contribution in [3.05, 3.63) is 24.3 Å². The lowest BCUT2D eigenvalue weighted by molar-refractivity contribution is -0.124. The van der Waals surface area contributed by atoms with Gasteiger partial charge in [-0.15, -0.1) is 0 Å². The Hall–Kier alpha value is -1.17. The molecule has 0 rings (SSSR count). The first-order valence-corrected chi connectivity index (χ1v) is 24.6. The van der Waals surface area contributed by atoms with Gasteiger partial charge in [0.1, 0.15) is 0 Å². The number of unbranched alkanes of at least 4 members (excludes halogenated alkanes) is 34. The molecule has 0 aromatic carbocycles. The molecule has 5 nitrogen and oxygen atoms in total. The number of carbonyl (C=O) groups excluding carboxylic acids is 1. The molecule has 55 heavy (non-hydrogen) atoms. The third-order valence-corrected chi connectivity index (χ3v) is 11.5. The topological polar surface area (TPSA) is 89.8 Å². The Morgan fingerprint density at radius 3 is 1.16 bits per heavy atom. The van der Waals surface area contributed by atoms with Crippen LogP contribution in [-0.4, -0.2) is 46.1 Å². The third-order valence-electron chi connectivity index (χ3n) is 11.5.